The highest BCUT2D eigenvalue weighted by Gasteiger charge is 2.20. The number of thiazole rings is 1. The molecule has 0 spiro atoms. The van der Waals surface area contributed by atoms with Crippen LogP contribution >= 0.6 is 35.5 Å². The van der Waals surface area contributed by atoms with Gasteiger partial charge >= 0.3 is 0 Å². The maximum Gasteiger partial charge on any atom is 0.229 e. The molecule has 1 aromatic heterocycles. The van der Waals surface area contributed by atoms with Crippen LogP contribution in [0.5, 0.6) is 0 Å². The predicted molar refractivity (Wildman–Crippen MR) is 133 cm³/mol. The quantitative estimate of drug-likeness (QED) is 0.331. The average Bonchev–Trinajstić information content (AvgIpc) is 3.18. The zero-order valence-corrected chi connectivity index (χ0v) is 20.6. The Morgan fingerprint density at radius 1 is 1.10 bits per heavy atom. The molecular formula is C23H29ClFN3OS2. The molecule has 0 saturated heterocycles. The lowest BCUT2D eigenvalue weighted by Gasteiger charge is -2.24. The minimum absolute atomic E-state index is 0. The second-order valence-electron chi connectivity index (χ2n) is 7.04. The number of para-hydroxylation sites is 1. The number of thioether (sulfide) groups is 1. The van der Waals surface area contributed by atoms with Gasteiger partial charge < -0.3 is 4.90 Å². The average molecular weight is 482 g/mol. The summed E-state index contributed by atoms with van der Waals surface area (Å²) in [6.07, 6.45) is 0.412. The number of rotatable bonds is 10. The minimum Gasteiger partial charge on any atom is -0.302 e. The Morgan fingerprint density at radius 3 is 2.45 bits per heavy atom. The first-order valence-corrected chi connectivity index (χ1v) is 12.1. The fourth-order valence-corrected chi connectivity index (χ4v) is 5.15. The molecule has 3 rings (SSSR count). The van der Waals surface area contributed by atoms with E-state index < -0.39 is 0 Å². The summed E-state index contributed by atoms with van der Waals surface area (Å²) in [5.41, 5.74) is 2.09. The first kappa shape index (κ1) is 25.6. The standard InChI is InChI=1S/C23H28FN3OS2.ClH/c1-4-26(5-2)14-15-27(23-25-22-17(3)7-6-8-20(22)30-23)21(28)13-16-29-19-11-9-18(24)10-12-19;/h6-12H,4-5,13-16H2,1-3H3;1H. The van der Waals surface area contributed by atoms with E-state index in [-0.39, 0.29) is 24.1 Å². The van der Waals surface area contributed by atoms with Crippen molar-refractivity contribution in [1.29, 1.82) is 0 Å². The van der Waals surface area contributed by atoms with Crippen molar-refractivity contribution in [1.82, 2.24) is 9.88 Å². The maximum absolute atomic E-state index is 13.1. The summed E-state index contributed by atoms with van der Waals surface area (Å²) in [6, 6.07) is 12.5. The molecule has 1 amide bonds. The Kier molecular flexibility index (Phi) is 10.2. The molecular weight excluding hydrogens is 453 g/mol. The molecule has 0 aliphatic heterocycles. The van der Waals surface area contributed by atoms with Gasteiger partial charge in [-0.25, -0.2) is 9.37 Å². The molecule has 0 saturated carbocycles. The Morgan fingerprint density at radius 2 is 1.81 bits per heavy atom. The van der Waals surface area contributed by atoms with Gasteiger partial charge in [-0.05, 0) is 55.9 Å². The molecule has 0 aliphatic rings. The predicted octanol–water partition coefficient (Wildman–Crippen LogP) is 6.02. The lowest BCUT2D eigenvalue weighted by molar-refractivity contribution is -0.118. The third-order valence-corrected chi connectivity index (χ3v) is 7.13. The molecule has 8 heteroatoms. The number of likely N-dealkylation sites (N-methyl/N-ethyl adjacent to an activating group) is 1. The summed E-state index contributed by atoms with van der Waals surface area (Å²) in [6.45, 7) is 9.68. The Hall–Kier alpha value is -1.67. The van der Waals surface area contributed by atoms with Crippen LogP contribution in [0.25, 0.3) is 10.2 Å². The second-order valence-corrected chi connectivity index (χ2v) is 9.22. The van der Waals surface area contributed by atoms with Gasteiger partial charge in [0.25, 0.3) is 0 Å². The third kappa shape index (κ3) is 6.91. The van der Waals surface area contributed by atoms with E-state index in [4.69, 9.17) is 4.98 Å². The van der Waals surface area contributed by atoms with E-state index in [2.05, 4.69) is 24.8 Å². The number of fused-ring (bicyclic) bond motifs is 1. The second kappa shape index (κ2) is 12.4. The van der Waals surface area contributed by atoms with Crippen molar-refractivity contribution in [2.75, 3.05) is 36.8 Å². The van der Waals surface area contributed by atoms with Gasteiger partial charge in [0.1, 0.15) is 5.82 Å². The maximum atomic E-state index is 13.1. The Bertz CT molecular complexity index is 977. The first-order chi connectivity index (χ1) is 14.5. The third-order valence-electron chi connectivity index (χ3n) is 5.07. The first-order valence-electron chi connectivity index (χ1n) is 10.3. The largest absolute Gasteiger partial charge is 0.302 e. The van der Waals surface area contributed by atoms with Crippen molar-refractivity contribution in [2.45, 2.75) is 32.1 Å². The summed E-state index contributed by atoms with van der Waals surface area (Å²) in [7, 11) is 0. The number of carbonyl (C=O) groups excluding carboxylic acids is 1. The van der Waals surface area contributed by atoms with Crippen LogP contribution in [-0.4, -0.2) is 47.7 Å². The summed E-state index contributed by atoms with van der Waals surface area (Å²) in [5.74, 6) is 0.480. The van der Waals surface area contributed by atoms with E-state index in [1.807, 2.05) is 24.0 Å². The van der Waals surface area contributed by atoms with E-state index in [1.54, 1.807) is 35.2 Å². The molecule has 0 bridgehead atoms. The molecule has 168 valence electrons. The fraction of sp³-hybridized carbons (Fsp3) is 0.391. The lowest BCUT2D eigenvalue weighted by atomic mass is 10.2. The Balaban J connectivity index is 0.00000341. The fourth-order valence-electron chi connectivity index (χ4n) is 3.22. The normalized spacial score (nSPS) is 11.0. The van der Waals surface area contributed by atoms with Crippen molar-refractivity contribution >= 4 is 56.8 Å². The van der Waals surface area contributed by atoms with Gasteiger partial charge in [-0.15, -0.1) is 24.2 Å². The molecule has 2 aromatic carbocycles. The van der Waals surface area contributed by atoms with Crippen molar-refractivity contribution in [3.63, 3.8) is 0 Å². The van der Waals surface area contributed by atoms with E-state index in [0.29, 0.717) is 18.7 Å². The number of amides is 1. The van der Waals surface area contributed by atoms with Crippen molar-refractivity contribution < 1.29 is 9.18 Å². The van der Waals surface area contributed by atoms with E-state index in [0.717, 1.165) is 45.4 Å². The highest BCUT2D eigenvalue weighted by molar-refractivity contribution is 7.99. The van der Waals surface area contributed by atoms with Crippen LogP contribution in [0.3, 0.4) is 0 Å². The highest BCUT2D eigenvalue weighted by atomic mass is 35.5. The van der Waals surface area contributed by atoms with Crippen LogP contribution in [0.4, 0.5) is 9.52 Å². The van der Waals surface area contributed by atoms with Crippen LogP contribution in [0.2, 0.25) is 0 Å². The molecule has 0 radical (unpaired) electrons. The number of hydrogen-bond acceptors (Lipinski definition) is 5. The minimum atomic E-state index is -0.246. The number of carbonyl (C=O) groups is 1. The van der Waals surface area contributed by atoms with Crippen LogP contribution in [-0.2, 0) is 4.79 Å². The van der Waals surface area contributed by atoms with Crippen LogP contribution in [0.1, 0.15) is 25.8 Å². The summed E-state index contributed by atoms with van der Waals surface area (Å²) >= 11 is 3.14. The van der Waals surface area contributed by atoms with Gasteiger partial charge in [-0.3, -0.25) is 9.69 Å². The molecule has 0 fully saturated rings. The molecule has 4 nitrogen and oxygen atoms in total. The number of aryl methyl sites for hydroxylation is 1. The molecule has 31 heavy (non-hydrogen) atoms. The van der Waals surface area contributed by atoms with E-state index >= 15 is 0 Å². The number of benzene rings is 2. The van der Waals surface area contributed by atoms with Gasteiger partial charge in [0.2, 0.25) is 5.91 Å². The zero-order valence-electron chi connectivity index (χ0n) is 18.1. The number of halogens is 2. The lowest BCUT2D eigenvalue weighted by Crippen LogP contribution is -2.39. The zero-order chi connectivity index (χ0) is 21.5. The monoisotopic (exact) mass is 481 g/mol. The van der Waals surface area contributed by atoms with Gasteiger partial charge in [0.05, 0.1) is 10.2 Å². The van der Waals surface area contributed by atoms with Crippen LogP contribution < -0.4 is 4.90 Å². The number of hydrogen-bond donors (Lipinski definition) is 0. The molecule has 0 atom stereocenters. The topological polar surface area (TPSA) is 36.4 Å². The summed E-state index contributed by atoms with van der Waals surface area (Å²) in [5, 5.41) is 0.767. The van der Waals surface area contributed by atoms with Gasteiger partial charge in [-0.1, -0.05) is 37.3 Å². The van der Waals surface area contributed by atoms with Gasteiger partial charge in [-0.2, -0.15) is 0 Å². The van der Waals surface area contributed by atoms with Crippen LogP contribution in [0.15, 0.2) is 47.4 Å². The van der Waals surface area contributed by atoms with Gasteiger partial charge in [0.15, 0.2) is 5.13 Å². The van der Waals surface area contributed by atoms with Crippen molar-refractivity contribution in [3.8, 4) is 0 Å². The SMILES string of the molecule is CCN(CC)CCN(C(=O)CCSc1ccc(F)cc1)c1nc2c(C)cccc2s1.Cl. The number of aromatic nitrogens is 1. The summed E-state index contributed by atoms with van der Waals surface area (Å²) in [4.78, 5) is 23.1. The van der Waals surface area contributed by atoms with Gasteiger partial charge in [0, 0.05) is 30.2 Å². The van der Waals surface area contributed by atoms with E-state index in [9.17, 15) is 9.18 Å². The molecule has 0 aliphatic carbocycles. The van der Waals surface area contributed by atoms with E-state index in [1.165, 1.54) is 12.1 Å². The summed E-state index contributed by atoms with van der Waals surface area (Å²) < 4.78 is 14.2. The van der Waals surface area contributed by atoms with Crippen molar-refractivity contribution in [2.24, 2.45) is 0 Å². The molecule has 1 heterocycles. The molecule has 0 N–H and O–H groups in total. The molecule has 3 aromatic rings. The number of anilines is 1. The highest BCUT2D eigenvalue weighted by Crippen LogP contribution is 2.31. The smallest absolute Gasteiger partial charge is 0.229 e. The number of nitrogens with zero attached hydrogens (tertiary/aromatic N) is 3. The molecule has 0 unspecified atom stereocenters. The Labute approximate surface area is 198 Å². The van der Waals surface area contributed by atoms with Crippen LogP contribution in [0, 0.1) is 12.7 Å². The van der Waals surface area contributed by atoms with Crippen molar-refractivity contribution in [3.05, 3.63) is 53.8 Å².